The number of benzene rings is 2. The van der Waals surface area contributed by atoms with E-state index in [1.807, 2.05) is 0 Å². The van der Waals surface area contributed by atoms with Gasteiger partial charge in [-0.05, 0) is 42.8 Å². The Hall–Kier alpha value is -1.79. The molecular weight excluding hydrogens is 303 g/mol. The van der Waals surface area contributed by atoms with Crippen LogP contribution in [0.2, 0.25) is 5.02 Å². The summed E-state index contributed by atoms with van der Waals surface area (Å²) in [6.45, 7) is 1.68. The van der Waals surface area contributed by atoms with Gasteiger partial charge in [-0.1, -0.05) is 17.7 Å². The molecule has 0 aliphatic rings. The zero-order chi connectivity index (χ0) is 14.9. The lowest BCUT2D eigenvalue weighted by atomic mass is 10.2. The molecule has 0 bridgehead atoms. The number of anilines is 2. The Kier molecular flexibility index (Phi) is 3.87. The van der Waals surface area contributed by atoms with Crippen LogP contribution in [-0.2, 0) is 10.0 Å². The Morgan fingerprint density at radius 3 is 2.60 bits per heavy atom. The highest BCUT2D eigenvalue weighted by atomic mass is 35.5. The van der Waals surface area contributed by atoms with E-state index in [-0.39, 0.29) is 10.6 Å². The summed E-state index contributed by atoms with van der Waals surface area (Å²) >= 11 is 5.92. The second kappa shape index (κ2) is 5.30. The SMILES string of the molecule is Cc1c(Cl)cccc1NS(=O)(=O)c1cc(N)cc(F)c1. The van der Waals surface area contributed by atoms with Crippen LogP contribution in [0.4, 0.5) is 15.8 Å². The molecule has 2 rings (SSSR count). The molecule has 3 N–H and O–H groups in total. The quantitative estimate of drug-likeness (QED) is 0.855. The molecule has 0 amide bonds. The molecule has 0 fully saturated rings. The minimum Gasteiger partial charge on any atom is -0.399 e. The van der Waals surface area contributed by atoms with E-state index in [4.69, 9.17) is 17.3 Å². The van der Waals surface area contributed by atoms with Gasteiger partial charge in [-0.3, -0.25) is 4.72 Å². The summed E-state index contributed by atoms with van der Waals surface area (Å²) in [6.07, 6.45) is 0. The number of hydrogen-bond donors (Lipinski definition) is 2. The van der Waals surface area contributed by atoms with Gasteiger partial charge in [0.25, 0.3) is 10.0 Å². The van der Waals surface area contributed by atoms with Gasteiger partial charge in [-0.2, -0.15) is 0 Å². The van der Waals surface area contributed by atoms with Gasteiger partial charge >= 0.3 is 0 Å². The van der Waals surface area contributed by atoms with Crippen molar-refractivity contribution in [2.45, 2.75) is 11.8 Å². The van der Waals surface area contributed by atoms with Gasteiger partial charge in [0.1, 0.15) is 5.82 Å². The van der Waals surface area contributed by atoms with E-state index in [2.05, 4.69) is 4.72 Å². The van der Waals surface area contributed by atoms with Crippen LogP contribution in [0, 0.1) is 12.7 Å². The van der Waals surface area contributed by atoms with Crippen LogP contribution < -0.4 is 10.5 Å². The van der Waals surface area contributed by atoms with Gasteiger partial charge < -0.3 is 5.73 Å². The second-order valence-corrected chi connectivity index (χ2v) is 6.33. The summed E-state index contributed by atoms with van der Waals surface area (Å²) < 4.78 is 40.0. The third-order valence-electron chi connectivity index (χ3n) is 2.72. The highest BCUT2D eigenvalue weighted by Gasteiger charge is 2.17. The zero-order valence-corrected chi connectivity index (χ0v) is 12.1. The van der Waals surface area contributed by atoms with Crippen LogP contribution in [0.3, 0.4) is 0 Å². The molecule has 0 unspecified atom stereocenters. The number of halogens is 2. The normalized spacial score (nSPS) is 11.3. The lowest BCUT2D eigenvalue weighted by Crippen LogP contribution is -2.14. The largest absolute Gasteiger partial charge is 0.399 e. The third kappa shape index (κ3) is 3.02. The van der Waals surface area contributed by atoms with Gasteiger partial charge in [-0.15, -0.1) is 0 Å². The molecule has 0 saturated carbocycles. The molecule has 106 valence electrons. The van der Waals surface area contributed by atoms with E-state index in [0.29, 0.717) is 16.3 Å². The Balaban J connectivity index is 2.43. The van der Waals surface area contributed by atoms with Crippen LogP contribution in [-0.4, -0.2) is 8.42 Å². The molecule has 0 aromatic heterocycles. The number of nitrogens with two attached hydrogens (primary N) is 1. The van der Waals surface area contributed by atoms with Gasteiger partial charge in [-0.25, -0.2) is 12.8 Å². The topological polar surface area (TPSA) is 72.2 Å². The van der Waals surface area contributed by atoms with Crippen LogP contribution in [0.15, 0.2) is 41.3 Å². The van der Waals surface area contributed by atoms with E-state index in [9.17, 15) is 12.8 Å². The van der Waals surface area contributed by atoms with Gasteiger partial charge in [0.15, 0.2) is 0 Å². The first-order valence-electron chi connectivity index (χ1n) is 5.63. The first kappa shape index (κ1) is 14.6. The van der Waals surface area contributed by atoms with Gasteiger partial charge in [0.05, 0.1) is 10.6 Å². The van der Waals surface area contributed by atoms with Crippen LogP contribution >= 0.6 is 11.6 Å². The predicted molar refractivity (Wildman–Crippen MR) is 77.8 cm³/mol. The Bertz CT molecular complexity index is 743. The summed E-state index contributed by atoms with van der Waals surface area (Å²) in [6, 6.07) is 7.97. The number of nitrogens with one attached hydrogen (secondary N) is 1. The summed E-state index contributed by atoms with van der Waals surface area (Å²) in [5, 5.41) is 0.434. The molecule has 4 nitrogen and oxygen atoms in total. The average Bonchev–Trinajstić information content (AvgIpc) is 2.33. The maximum Gasteiger partial charge on any atom is 0.262 e. The molecule has 2 aromatic rings. The summed E-state index contributed by atoms with van der Waals surface area (Å²) in [4.78, 5) is -0.241. The molecule has 0 heterocycles. The highest BCUT2D eigenvalue weighted by molar-refractivity contribution is 7.92. The molecule has 0 spiro atoms. The molecule has 20 heavy (non-hydrogen) atoms. The molecule has 0 radical (unpaired) electrons. The first-order valence-corrected chi connectivity index (χ1v) is 7.50. The van der Waals surface area contributed by atoms with E-state index in [1.165, 1.54) is 6.07 Å². The summed E-state index contributed by atoms with van der Waals surface area (Å²) in [5.74, 6) is -0.715. The van der Waals surface area contributed by atoms with Crippen LogP contribution in [0.1, 0.15) is 5.56 Å². The predicted octanol–water partition coefficient (Wildman–Crippen LogP) is 3.17. The van der Waals surface area contributed by atoms with Crippen molar-refractivity contribution in [2.75, 3.05) is 10.5 Å². The maximum absolute atomic E-state index is 13.2. The fourth-order valence-electron chi connectivity index (χ4n) is 1.66. The van der Waals surface area contributed by atoms with Crippen molar-refractivity contribution < 1.29 is 12.8 Å². The van der Waals surface area contributed by atoms with E-state index < -0.39 is 15.8 Å². The standard InChI is InChI=1S/C13H12ClFN2O2S/c1-8-12(14)3-2-4-13(8)17-20(18,19)11-6-9(15)5-10(16)7-11/h2-7,17H,16H2,1H3. The summed E-state index contributed by atoms with van der Waals surface area (Å²) in [5.41, 5.74) is 6.40. The van der Waals surface area contributed by atoms with Gasteiger partial charge in [0, 0.05) is 10.7 Å². The molecule has 0 atom stereocenters. The fourth-order valence-corrected chi connectivity index (χ4v) is 3.02. The molecule has 2 aromatic carbocycles. The molecule has 7 heteroatoms. The fraction of sp³-hybridized carbons (Fsp3) is 0.0769. The Morgan fingerprint density at radius 1 is 1.25 bits per heavy atom. The summed E-state index contributed by atoms with van der Waals surface area (Å²) in [7, 11) is -3.93. The highest BCUT2D eigenvalue weighted by Crippen LogP contribution is 2.26. The maximum atomic E-state index is 13.2. The van der Waals surface area contributed by atoms with Gasteiger partial charge in [0.2, 0.25) is 0 Å². The lowest BCUT2D eigenvalue weighted by molar-refractivity contribution is 0.595. The van der Waals surface area contributed by atoms with Crippen molar-refractivity contribution in [1.29, 1.82) is 0 Å². The number of nitrogen functional groups attached to an aromatic ring is 1. The molecule has 0 aliphatic carbocycles. The van der Waals surface area contributed by atoms with Crippen molar-refractivity contribution in [3.63, 3.8) is 0 Å². The molecule has 0 aliphatic heterocycles. The molecular formula is C13H12ClFN2O2S. The second-order valence-electron chi connectivity index (χ2n) is 4.24. The Morgan fingerprint density at radius 2 is 1.95 bits per heavy atom. The monoisotopic (exact) mass is 314 g/mol. The van der Waals surface area contributed by atoms with Crippen molar-refractivity contribution in [3.8, 4) is 0 Å². The number of rotatable bonds is 3. The Labute approximate surface area is 121 Å². The zero-order valence-electron chi connectivity index (χ0n) is 10.5. The van der Waals surface area contributed by atoms with Crippen molar-refractivity contribution in [2.24, 2.45) is 0 Å². The number of hydrogen-bond acceptors (Lipinski definition) is 3. The lowest BCUT2D eigenvalue weighted by Gasteiger charge is -2.12. The van der Waals surface area contributed by atoms with Crippen molar-refractivity contribution in [3.05, 3.63) is 52.8 Å². The van der Waals surface area contributed by atoms with Crippen molar-refractivity contribution in [1.82, 2.24) is 0 Å². The van der Waals surface area contributed by atoms with E-state index in [1.54, 1.807) is 25.1 Å². The molecule has 0 saturated heterocycles. The minimum atomic E-state index is -3.93. The van der Waals surface area contributed by atoms with Crippen molar-refractivity contribution >= 4 is 33.0 Å². The van der Waals surface area contributed by atoms with Crippen LogP contribution in [0.25, 0.3) is 0 Å². The van der Waals surface area contributed by atoms with Crippen LogP contribution in [0.5, 0.6) is 0 Å². The first-order chi connectivity index (χ1) is 9.29. The third-order valence-corrected chi connectivity index (χ3v) is 4.47. The average molecular weight is 315 g/mol. The van der Waals surface area contributed by atoms with E-state index in [0.717, 1.165) is 12.1 Å². The van der Waals surface area contributed by atoms with E-state index >= 15 is 0 Å². The smallest absolute Gasteiger partial charge is 0.262 e. The minimum absolute atomic E-state index is 0.0354. The number of sulfonamides is 1.